The maximum atomic E-state index is 7.51. The zero-order valence-corrected chi connectivity index (χ0v) is 79.2. The van der Waals surface area contributed by atoms with Crippen molar-refractivity contribution < 1.29 is 9.47 Å². The van der Waals surface area contributed by atoms with E-state index in [0.717, 1.165) is 91.0 Å². The van der Waals surface area contributed by atoms with Gasteiger partial charge in [0.05, 0.1) is 0 Å². The molecule has 0 radical (unpaired) electrons. The number of para-hydroxylation sites is 10. The first kappa shape index (κ1) is 82.5. The van der Waals surface area contributed by atoms with Crippen LogP contribution in [0, 0.1) is 55.4 Å². The van der Waals surface area contributed by atoms with Crippen LogP contribution >= 0.6 is 0 Å². The summed E-state index contributed by atoms with van der Waals surface area (Å²) in [4.78, 5) is 14.9. The molecule has 0 aromatic heterocycles. The lowest BCUT2D eigenvalue weighted by Gasteiger charge is -2.45. The molecule has 0 bridgehead atoms. The van der Waals surface area contributed by atoms with Gasteiger partial charge in [-0.05, 0) is 333 Å². The van der Waals surface area contributed by atoms with Gasteiger partial charge >= 0.3 is 0 Å². The first-order valence-corrected chi connectivity index (χ1v) is 49.0. The van der Waals surface area contributed by atoms with Crippen LogP contribution in [-0.4, -0.2) is 26.9 Å². The summed E-state index contributed by atoms with van der Waals surface area (Å²) in [6, 6.07) is 158. The van der Waals surface area contributed by atoms with Crippen LogP contribution in [0.4, 0.5) is 102 Å². The van der Waals surface area contributed by atoms with Crippen molar-refractivity contribution in [3.05, 3.63) is 469 Å². The third kappa shape index (κ3) is 13.0. The van der Waals surface area contributed by atoms with Gasteiger partial charge in [0.15, 0.2) is 0 Å². The van der Waals surface area contributed by atoms with Gasteiger partial charge in [-0.2, -0.15) is 0 Å². The molecule has 28 rings (SSSR count). The molecule has 8 aliphatic rings. The minimum Gasteiger partial charge on any atom is -0.458 e. The average Bonchev–Trinajstić information content (AvgIpc) is 0.682. The van der Waals surface area contributed by atoms with Gasteiger partial charge in [0.25, 0.3) is 26.9 Å². The molecule has 140 heavy (non-hydrogen) atoms. The molecule has 0 saturated heterocycles. The van der Waals surface area contributed by atoms with Crippen LogP contribution in [0.1, 0.15) is 44.5 Å². The number of fused-ring (bicyclic) bond motifs is 16. The average molecular weight is 1790 g/mol. The van der Waals surface area contributed by atoms with E-state index < -0.39 is 0 Å². The maximum Gasteiger partial charge on any atom is 0.256 e. The van der Waals surface area contributed by atoms with Gasteiger partial charge in [0.1, 0.15) is 23.0 Å². The summed E-state index contributed by atoms with van der Waals surface area (Å²) in [7, 11) is 0. The highest BCUT2D eigenvalue weighted by Crippen LogP contribution is 2.54. The van der Waals surface area contributed by atoms with E-state index in [1.54, 1.807) is 0 Å². The highest BCUT2D eigenvalue weighted by Gasteiger charge is 2.52. The highest BCUT2D eigenvalue weighted by molar-refractivity contribution is 7.04. The van der Waals surface area contributed by atoms with Gasteiger partial charge in [0.2, 0.25) is 0 Å². The van der Waals surface area contributed by atoms with E-state index in [-0.39, 0.29) is 26.9 Å². The van der Waals surface area contributed by atoms with Crippen molar-refractivity contribution in [2.45, 2.75) is 55.4 Å². The number of hydrogen-bond donors (Lipinski definition) is 0. The van der Waals surface area contributed by atoms with Crippen molar-refractivity contribution >= 4 is 195 Å². The first-order valence-electron chi connectivity index (χ1n) is 49.0. The number of ether oxygens (including phenoxy) is 2. The number of anilines is 18. The minimum atomic E-state index is -0.0831. The highest BCUT2D eigenvalue weighted by atomic mass is 16.5. The largest absolute Gasteiger partial charge is 0.458 e. The molecule has 20 aromatic carbocycles. The molecule has 0 amide bonds. The number of aryl methyl sites for hydroxylation is 8. The Balaban J connectivity index is 0.000000141. The Morgan fingerprint density at radius 1 is 0.157 bits per heavy atom. The molecule has 8 heterocycles. The van der Waals surface area contributed by atoms with E-state index in [9.17, 15) is 0 Å². The van der Waals surface area contributed by atoms with E-state index >= 15 is 0 Å². The number of hydrogen-bond acceptors (Lipinski definition) is 8. The smallest absolute Gasteiger partial charge is 0.256 e. The molecular formula is C128H94B4N6O2. The minimum absolute atomic E-state index is 0.0676. The predicted octanol–water partition coefficient (Wildman–Crippen LogP) is 25.5. The van der Waals surface area contributed by atoms with Crippen molar-refractivity contribution in [2.75, 3.05) is 29.4 Å². The van der Waals surface area contributed by atoms with Crippen LogP contribution in [0.5, 0.6) is 23.0 Å². The Morgan fingerprint density at radius 3 is 0.707 bits per heavy atom. The van der Waals surface area contributed by atoms with E-state index in [4.69, 9.17) is 9.47 Å². The van der Waals surface area contributed by atoms with Crippen LogP contribution in [-0.2, 0) is 0 Å². The summed E-state index contributed by atoms with van der Waals surface area (Å²) < 4.78 is 15.0. The second kappa shape index (κ2) is 32.4. The second-order valence-corrected chi connectivity index (χ2v) is 39.0. The van der Waals surface area contributed by atoms with Crippen molar-refractivity contribution in [1.82, 2.24) is 0 Å². The third-order valence-electron chi connectivity index (χ3n) is 30.4. The van der Waals surface area contributed by atoms with Crippen molar-refractivity contribution in [2.24, 2.45) is 0 Å². The summed E-state index contributed by atoms with van der Waals surface area (Å²) >= 11 is 0. The normalized spacial score (nSPS) is 13.4. The van der Waals surface area contributed by atoms with Crippen LogP contribution < -0.4 is 104 Å². The zero-order valence-electron chi connectivity index (χ0n) is 79.2. The van der Waals surface area contributed by atoms with E-state index in [0.29, 0.717) is 0 Å². The summed E-state index contributed by atoms with van der Waals surface area (Å²) in [6.45, 7) is 17.3. The van der Waals surface area contributed by atoms with E-state index in [1.165, 1.54) is 189 Å². The summed E-state index contributed by atoms with van der Waals surface area (Å²) in [5, 5.41) is 0. The molecule has 0 aliphatic carbocycles. The number of benzene rings is 20. The molecule has 0 atom stereocenters. The van der Waals surface area contributed by atoms with Crippen LogP contribution in [0.3, 0.4) is 0 Å². The summed E-state index contributed by atoms with van der Waals surface area (Å²) in [5.74, 6) is 3.55. The van der Waals surface area contributed by atoms with Gasteiger partial charge in [-0.1, -0.05) is 289 Å². The first-order chi connectivity index (χ1) is 68.7. The van der Waals surface area contributed by atoms with Crippen molar-refractivity contribution in [3.63, 3.8) is 0 Å². The monoisotopic (exact) mass is 1790 g/mol. The standard InChI is InChI=1S/2C64H47B2N3O/c1-40-28-30-49(42(3)32-40)44-34-58-63-59(35-44)69(48-22-12-7-13-23-48)57-39-61-54(38-53(57)65(63)51-24-14-16-26-55(51)67(58)46-18-8-5-9-19-46)66-52-25-15-17-27-56(52)68(47-20-10-6-11-21-47)60-36-45(37-62(70-61)64(60)66)50-31-29-41(2)33-43(50)4;1-40-28-30-42(3)49(32-40)44-34-58-63-59(35-44)69(48-22-12-7-13-23-48)57-39-61-54(38-53(57)65(63)51-24-14-16-26-55(51)67(58)46-18-8-5-9-19-46)66-52-25-15-17-27-56(52)68(47-20-10-6-11-21-47)60-36-45(37-62(70-61)64(60)66)50-33-41(2)29-31-43(50)4/h2*5-39H,1-4H3. The molecule has 0 saturated carbocycles. The third-order valence-corrected chi connectivity index (χ3v) is 30.4. The molecule has 12 heteroatoms. The summed E-state index contributed by atoms with van der Waals surface area (Å²) in [5.41, 5.74) is 55.2. The number of rotatable bonds is 10. The quantitative estimate of drug-likeness (QED) is 0.125. The van der Waals surface area contributed by atoms with Gasteiger partial charge in [-0.15, -0.1) is 0 Å². The predicted molar refractivity (Wildman–Crippen MR) is 592 cm³/mol. The molecule has 0 unspecified atom stereocenters. The second-order valence-electron chi connectivity index (χ2n) is 39.0. The Kier molecular flexibility index (Phi) is 19.1. The molecule has 20 aromatic rings. The lowest BCUT2D eigenvalue weighted by Crippen LogP contribution is -2.64. The van der Waals surface area contributed by atoms with Gasteiger partial charge in [-0.25, -0.2) is 0 Å². The number of nitrogens with zero attached hydrogens (tertiary/aromatic N) is 6. The Hall–Kier alpha value is -16.9. The Bertz CT molecular complexity index is 8550. The fourth-order valence-electron chi connectivity index (χ4n) is 24.4. The molecular weight excluding hydrogens is 1700 g/mol. The lowest BCUT2D eigenvalue weighted by molar-refractivity contribution is 0.487. The summed E-state index contributed by atoms with van der Waals surface area (Å²) in [6.07, 6.45) is 0. The maximum absolute atomic E-state index is 7.51. The Morgan fingerprint density at radius 2 is 0.400 bits per heavy atom. The molecule has 660 valence electrons. The van der Waals surface area contributed by atoms with Gasteiger partial charge < -0.3 is 38.9 Å². The van der Waals surface area contributed by atoms with E-state index in [2.05, 4.69) is 509 Å². The SMILES string of the molecule is Cc1ccc(-c2cc3c4c(c2)N(c2ccccc2)c2ccccc2B4c2cc4c(cc2O3)N(c2ccccc2)c2cc(-c3ccc(C)cc3C)cc3c2B4c2ccccc2N3c2ccccc2)c(C)c1.Cc1ccc(C)c(-c2cc3c4c(c2)N(c2ccccc2)c2ccccc2B4c2cc4c(cc2O3)N(c2ccccc2)c2cc(-c3cc(C)ccc3C)cc3c2B4c2ccccc2N3c2ccccc2)c1. The topological polar surface area (TPSA) is 37.9 Å². The Labute approximate surface area is 819 Å². The van der Waals surface area contributed by atoms with Gasteiger partial charge in [0, 0.05) is 115 Å². The van der Waals surface area contributed by atoms with Crippen LogP contribution in [0.25, 0.3) is 44.5 Å². The molecule has 8 nitrogen and oxygen atoms in total. The molecule has 8 aliphatic heterocycles. The van der Waals surface area contributed by atoms with E-state index in [1.807, 2.05) is 0 Å². The molecule has 0 fully saturated rings. The fraction of sp³-hybridized carbons (Fsp3) is 0.0625. The van der Waals surface area contributed by atoms with Crippen molar-refractivity contribution in [1.29, 1.82) is 0 Å². The van der Waals surface area contributed by atoms with Gasteiger partial charge in [-0.3, -0.25) is 0 Å². The fourth-order valence-corrected chi connectivity index (χ4v) is 24.4. The van der Waals surface area contributed by atoms with Crippen LogP contribution in [0.2, 0.25) is 0 Å². The van der Waals surface area contributed by atoms with Crippen LogP contribution in [0.15, 0.2) is 425 Å². The molecule has 0 spiro atoms. The zero-order chi connectivity index (χ0) is 93.6. The van der Waals surface area contributed by atoms with Crippen molar-refractivity contribution in [3.8, 4) is 67.5 Å². The molecule has 0 N–H and O–H groups in total. The lowest BCUT2D eigenvalue weighted by atomic mass is 9.30.